The molecule has 126 valence electrons. The van der Waals surface area contributed by atoms with Gasteiger partial charge in [0.2, 0.25) is 5.88 Å². The minimum absolute atomic E-state index is 0.350. The van der Waals surface area contributed by atoms with Crippen LogP contribution in [0.4, 0.5) is 0 Å². The first-order valence-electron chi connectivity index (χ1n) is 8.92. The Balaban J connectivity index is 1.50. The minimum Gasteiger partial charge on any atom is -0.474 e. The minimum atomic E-state index is 0.350. The molecule has 3 rings (SSSR count). The van der Waals surface area contributed by atoms with Crippen LogP contribution in [0.25, 0.3) is 0 Å². The van der Waals surface area contributed by atoms with Crippen LogP contribution in [0.5, 0.6) is 5.88 Å². The second-order valence-electron chi connectivity index (χ2n) is 6.58. The molecule has 1 aromatic rings. The summed E-state index contributed by atoms with van der Waals surface area (Å²) in [5.74, 6) is 1.63. The first-order chi connectivity index (χ1) is 11.3. The van der Waals surface area contributed by atoms with Crippen LogP contribution in [0, 0.1) is 0 Å². The van der Waals surface area contributed by atoms with Crippen molar-refractivity contribution in [2.24, 2.45) is 4.99 Å². The number of aromatic nitrogens is 1. The Morgan fingerprint density at radius 1 is 1.22 bits per heavy atom. The summed E-state index contributed by atoms with van der Waals surface area (Å²) in [4.78, 5) is 8.66. The molecule has 0 bridgehead atoms. The fourth-order valence-corrected chi connectivity index (χ4v) is 3.45. The molecule has 23 heavy (non-hydrogen) atoms. The van der Waals surface area contributed by atoms with E-state index in [9.17, 15) is 0 Å². The highest BCUT2D eigenvalue weighted by Crippen LogP contribution is 2.23. The van der Waals surface area contributed by atoms with Crippen LogP contribution >= 0.6 is 0 Å². The Hall–Kier alpha value is -1.78. The third-order valence-corrected chi connectivity index (χ3v) is 4.77. The fourth-order valence-electron chi connectivity index (χ4n) is 3.45. The zero-order valence-electron chi connectivity index (χ0n) is 14.1. The Bertz CT molecular complexity index is 520. The molecule has 0 saturated heterocycles. The van der Waals surface area contributed by atoms with Crippen molar-refractivity contribution in [1.82, 2.24) is 15.6 Å². The number of pyridine rings is 1. The number of nitrogens with one attached hydrogen (secondary N) is 2. The lowest BCUT2D eigenvalue weighted by atomic mass is 10.2. The van der Waals surface area contributed by atoms with Gasteiger partial charge in [0.05, 0.1) is 0 Å². The highest BCUT2D eigenvalue weighted by atomic mass is 16.5. The number of aliphatic imine (C=N–C) groups is 1. The van der Waals surface area contributed by atoms with E-state index in [0.29, 0.717) is 12.1 Å². The van der Waals surface area contributed by atoms with Gasteiger partial charge >= 0.3 is 0 Å². The molecular weight excluding hydrogens is 288 g/mol. The summed E-state index contributed by atoms with van der Waals surface area (Å²) in [7, 11) is 1.82. The van der Waals surface area contributed by atoms with E-state index < -0.39 is 0 Å². The quantitative estimate of drug-likeness (QED) is 0.647. The van der Waals surface area contributed by atoms with Crippen LogP contribution in [0.15, 0.2) is 23.3 Å². The van der Waals surface area contributed by atoms with Crippen molar-refractivity contribution in [3.05, 3.63) is 23.9 Å². The van der Waals surface area contributed by atoms with Gasteiger partial charge in [0, 0.05) is 31.9 Å². The smallest absolute Gasteiger partial charge is 0.213 e. The molecule has 0 unspecified atom stereocenters. The summed E-state index contributed by atoms with van der Waals surface area (Å²) >= 11 is 0. The third kappa shape index (κ3) is 4.85. The third-order valence-electron chi connectivity index (χ3n) is 4.77. The van der Waals surface area contributed by atoms with Gasteiger partial charge in [-0.05, 0) is 50.2 Å². The zero-order valence-corrected chi connectivity index (χ0v) is 14.1. The molecule has 1 aromatic heterocycles. The molecule has 5 heteroatoms. The Labute approximate surface area is 138 Å². The highest BCUT2D eigenvalue weighted by molar-refractivity contribution is 5.79. The van der Waals surface area contributed by atoms with Crippen molar-refractivity contribution in [2.75, 3.05) is 7.05 Å². The molecule has 0 aliphatic heterocycles. The number of guanidine groups is 1. The molecule has 5 nitrogen and oxygen atoms in total. The van der Waals surface area contributed by atoms with E-state index in [-0.39, 0.29) is 0 Å². The monoisotopic (exact) mass is 316 g/mol. The number of nitrogens with zero attached hydrogens (tertiary/aromatic N) is 2. The Morgan fingerprint density at radius 2 is 1.96 bits per heavy atom. The maximum atomic E-state index is 5.97. The molecule has 0 atom stereocenters. The second-order valence-corrected chi connectivity index (χ2v) is 6.58. The van der Waals surface area contributed by atoms with Gasteiger partial charge in [-0.15, -0.1) is 0 Å². The predicted molar refractivity (Wildman–Crippen MR) is 92.7 cm³/mol. The summed E-state index contributed by atoms with van der Waals surface area (Å²) in [5, 5.41) is 6.89. The van der Waals surface area contributed by atoms with Crippen LogP contribution < -0.4 is 15.4 Å². The van der Waals surface area contributed by atoms with Gasteiger partial charge in [-0.3, -0.25) is 4.99 Å². The molecule has 0 spiro atoms. The van der Waals surface area contributed by atoms with Gasteiger partial charge in [0.15, 0.2) is 5.96 Å². The van der Waals surface area contributed by atoms with E-state index in [0.717, 1.165) is 31.2 Å². The normalized spacial score (nSPS) is 20.0. The average molecular weight is 316 g/mol. The number of hydrogen-bond acceptors (Lipinski definition) is 3. The van der Waals surface area contributed by atoms with Crippen molar-refractivity contribution in [1.29, 1.82) is 0 Å². The van der Waals surface area contributed by atoms with Crippen LogP contribution in [0.1, 0.15) is 56.9 Å². The first-order valence-corrected chi connectivity index (χ1v) is 8.92. The van der Waals surface area contributed by atoms with Crippen molar-refractivity contribution >= 4 is 5.96 Å². The summed E-state index contributed by atoms with van der Waals surface area (Å²) < 4.78 is 5.97. The highest BCUT2D eigenvalue weighted by Gasteiger charge is 2.17. The maximum Gasteiger partial charge on any atom is 0.213 e. The average Bonchev–Trinajstić information content (AvgIpc) is 3.25. The van der Waals surface area contributed by atoms with E-state index in [1.54, 1.807) is 0 Å². The van der Waals surface area contributed by atoms with Crippen LogP contribution in [-0.2, 0) is 6.54 Å². The van der Waals surface area contributed by atoms with Crippen molar-refractivity contribution in [3.8, 4) is 5.88 Å². The second kappa shape index (κ2) is 8.18. The maximum absolute atomic E-state index is 5.97. The van der Waals surface area contributed by atoms with Crippen molar-refractivity contribution in [3.63, 3.8) is 0 Å². The predicted octanol–water partition coefficient (Wildman–Crippen LogP) is 3.01. The van der Waals surface area contributed by atoms with Crippen LogP contribution in [-0.4, -0.2) is 30.1 Å². The summed E-state index contributed by atoms with van der Waals surface area (Å²) in [5.41, 5.74) is 1.17. The summed E-state index contributed by atoms with van der Waals surface area (Å²) in [6.45, 7) is 0.732. The number of hydrogen-bond donors (Lipinski definition) is 2. The Morgan fingerprint density at radius 3 is 2.70 bits per heavy atom. The fraction of sp³-hybridized carbons (Fsp3) is 0.667. The van der Waals surface area contributed by atoms with E-state index in [1.807, 2.05) is 25.4 Å². The molecule has 2 aliphatic carbocycles. The van der Waals surface area contributed by atoms with Gasteiger partial charge in [0.1, 0.15) is 6.10 Å². The molecule has 2 N–H and O–H groups in total. The van der Waals surface area contributed by atoms with Gasteiger partial charge in [0.25, 0.3) is 0 Å². The SMILES string of the molecule is CN=C(NCc1ccnc(OC2CCCC2)c1)NC1CCCC1. The lowest BCUT2D eigenvalue weighted by molar-refractivity contribution is 0.201. The van der Waals surface area contributed by atoms with E-state index in [1.165, 1.54) is 44.1 Å². The first kappa shape index (κ1) is 16.1. The van der Waals surface area contributed by atoms with Crippen molar-refractivity contribution < 1.29 is 4.74 Å². The molecule has 2 saturated carbocycles. The van der Waals surface area contributed by atoms with E-state index in [4.69, 9.17) is 4.74 Å². The van der Waals surface area contributed by atoms with Crippen LogP contribution in [0.2, 0.25) is 0 Å². The molecular formula is C18H28N4O. The zero-order chi connectivity index (χ0) is 15.9. The largest absolute Gasteiger partial charge is 0.474 e. The van der Waals surface area contributed by atoms with E-state index >= 15 is 0 Å². The molecule has 0 amide bonds. The van der Waals surface area contributed by atoms with Gasteiger partial charge < -0.3 is 15.4 Å². The molecule has 0 aromatic carbocycles. The van der Waals surface area contributed by atoms with Crippen LogP contribution in [0.3, 0.4) is 0 Å². The molecule has 2 fully saturated rings. The standard InChI is InChI=1S/C18H28N4O/c1-19-18(22-15-6-2-3-7-15)21-13-14-10-11-20-17(12-14)23-16-8-4-5-9-16/h10-12,15-16H,2-9,13H2,1H3,(H2,19,21,22). The van der Waals surface area contributed by atoms with Gasteiger partial charge in [-0.2, -0.15) is 0 Å². The molecule has 0 radical (unpaired) electrons. The lowest BCUT2D eigenvalue weighted by Gasteiger charge is -2.17. The van der Waals surface area contributed by atoms with Gasteiger partial charge in [-0.1, -0.05) is 12.8 Å². The Kier molecular flexibility index (Phi) is 5.72. The molecule has 2 aliphatic rings. The summed E-state index contributed by atoms with van der Waals surface area (Å²) in [6, 6.07) is 4.63. The van der Waals surface area contributed by atoms with Crippen molar-refractivity contribution in [2.45, 2.75) is 70.1 Å². The topological polar surface area (TPSA) is 58.5 Å². The van der Waals surface area contributed by atoms with Gasteiger partial charge in [-0.25, -0.2) is 4.98 Å². The number of ether oxygens (including phenoxy) is 1. The van der Waals surface area contributed by atoms with E-state index in [2.05, 4.69) is 20.6 Å². The number of rotatable bonds is 5. The lowest BCUT2D eigenvalue weighted by Crippen LogP contribution is -2.41. The summed E-state index contributed by atoms with van der Waals surface area (Å²) in [6.07, 6.45) is 12.2. The molecule has 1 heterocycles.